The van der Waals surface area contributed by atoms with E-state index in [0.717, 1.165) is 5.56 Å². The van der Waals surface area contributed by atoms with E-state index in [4.69, 9.17) is 17.3 Å². The van der Waals surface area contributed by atoms with Gasteiger partial charge in [-0.3, -0.25) is 4.79 Å². The van der Waals surface area contributed by atoms with Crippen molar-refractivity contribution in [2.24, 2.45) is 5.73 Å². The highest BCUT2D eigenvalue weighted by molar-refractivity contribution is 6.33. The zero-order valence-electron chi connectivity index (χ0n) is 10.6. The van der Waals surface area contributed by atoms with Crippen molar-refractivity contribution in [2.75, 3.05) is 5.32 Å². The van der Waals surface area contributed by atoms with Gasteiger partial charge in [0.25, 0.3) is 0 Å². The van der Waals surface area contributed by atoms with Crippen LogP contribution in [0.4, 0.5) is 10.1 Å². The van der Waals surface area contributed by atoms with E-state index in [1.54, 1.807) is 0 Å². The fourth-order valence-corrected chi connectivity index (χ4v) is 2.04. The third-order valence-corrected chi connectivity index (χ3v) is 3.18. The Morgan fingerprint density at radius 3 is 2.55 bits per heavy atom. The summed E-state index contributed by atoms with van der Waals surface area (Å²) >= 11 is 5.84. The van der Waals surface area contributed by atoms with Crippen LogP contribution < -0.4 is 11.1 Å². The van der Waals surface area contributed by atoms with Crippen molar-refractivity contribution < 1.29 is 9.18 Å². The molecule has 2 rings (SSSR count). The number of hydrogen-bond acceptors (Lipinski definition) is 2. The first-order valence-corrected chi connectivity index (χ1v) is 6.50. The first-order valence-electron chi connectivity index (χ1n) is 6.12. The number of amides is 1. The van der Waals surface area contributed by atoms with E-state index in [1.807, 2.05) is 30.3 Å². The molecule has 0 radical (unpaired) electrons. The van der Waals surface area contributed by atoms with Crippen LogP contribution in [0.1, 0.15) is 18.0 Å². The van der Waals surface area contributed by atoms with Crippen LogP contribution in [-0.4, -0.2) is 5.91 Å². The molecular formula is C15H14ClFN2O. The second-order valence-electron chi connectivity index (χ2n) is 4.37. The first kappa shape index (κ1) is 14.5. The van der Waals surface area contributed by atoms with Gasteiger partial charge in [-0.1, -0.05) is 48.0 Å². The summed E-state index contributed by atoms with van der Waals surface area (Å²) in [5.41, 5.74) is 6.77. The van der Waals surface area contributed by atoms with Crippen LogP contribution in [0.15, 0.2) is 48.5 Å². The molecule has 5 heteroatoms. The maximum Gasteiger partial charge on any atom is 0.226 e. The highest BCUT2D eigenvalue weighted by Crippen LogP contribution is 2.25. The van der Waals surface area contributed by atoms with Crippen LogP contribution in [-0.2, 0) is 4.79 Å². The predicted octanol–water partition coefficient (Wildman–Crippen LogP) is 3.51. The lowest BCUT2D eigenvalue weighted by molar-refractivity contribution is -0.116. The lowest BCUT2D eigenvalue weighted by Crippen LogP contribution is -2.21. The lowest BCUT2D eigenvalue weighted by atomic mass is 10.0. The lowest BCUT2D eigenvalue weighted by Gasteiger charge is -2.13. The average molecular weight is 293 g/mol. The highest BCUT2D eigenvalue weighted by atomic mass is 35.5. The van der Waals surface area contributed by atoms with Crippen LogP contribution in [0.25, 0.3) is 0 Å². The molecular weight excluding hydrogens is 279 g/mol. The van der Waals surface area contributed by atoms with E-state index in [9.17, 15) is 9.18 Å². The van der Waals surface area contributed by atoms with Crippen molar-refractivity contribution in [1.29, 1.82) is 0 Å². The molecule has 0 aliphatic rings. The van der Waals surface area contributed by atoms with Gasteiger partial charge in [0.2, 0.25) is 5.91 Å². The largest absolute Gasteiger partial charge is 0.324 e. The minimum Gasteiger partial charge on any atom is -0.324 e. The number of benzene rings is 2. The highest BCUT2D eigenvalue weighted by Gasteiger charge is 2.14. The zero-order valence-corrected chi connectivity index (χ0v) is 11.4. The molecule has 3 nitrogen and oxygen atoms in total. The Labute approximate surface area is 121 Å². The Morgan fingerprint density at radius 2 is 1.90 bits per heavy atom. The molecule has 1 amide bonds. The van der Waals surface area contributed by atoms with E-state index < -0.39 is 11.9 Å². The van der Waals surface area contributed by atoms with Crippen molar-refractivity contribution in [3.8, 4) is 0 Å². The van der Waals surface area contributed by atoms with Crippen LogP contribution in [0.2, 0.25) is 5.02 Å². The topological polar surface area (TPSA) is 55.1 Å². The summed E-state index contributed by atoms with van der Waals surface area (Å²) in [4.78, 5) is 11.9. The number of rotatable bonds is 4. The molecule has 1 unspecified atom stereocenters. The van der Waals surface area contributed by atoms with E-state index in [2.05, 4.69) is 5.32 Å². The van der Waals surface area contributed by atoms with Gasteiger partial charge in [-0.05, 0) is 17.7 Å². The fraction of sp³-hybridized carbons (Fsp3) is 0.133. The van der Waals surface area contributed by atoms with Gasteiger partial charge in [-0.2, -0.15) is 0 Å². The van der Waals surface area contributed by atoms with Crippen LogP contribution in [0, 0.1) is 5.82 Å². The van der Waals surface area contributed by atoms with Crippen molar-refractivity contribution in [1.82, 2.24) is 0 Å². The number of carbonyl (C=O) groups excluding carboxylic acids is 1. The van der Waals surface area contributed by atoms with Crippen molar-refractivity contribution in [2.45, 2.75) is 12.5 Å². The Bertz CT molecular complexity index is 584. The fourth-order valence-electron chi connectivity index (χ4n) is 1.83. The molecule has 0 saturated carbocycles. The van der Waals surface area contributed by atoms with E-state index in [1.165, 1.54) is 18.2 Å². The summed E-state index contributed by atoms with van der Waals surface area (Å²) < 4.78 is 13.5. The molecule has 0 bridgehead atoms. The molecule has 2 aromatic rings. The Hall–Kier alpha value is -1.91. The van der Waals surface area contributed by atoms with Gasteiger partial charge in [0.05, 0.1) is 10.7 Å². The predicted molar refractivity (Wildman–Crippen MR) is 78.0 cm³/mol. The maximum absolute atomic E-state index is 13.5. The average Bonchev–Trinajstić information content (AvgIpc) is 2.44. The van der Waals surface area contributed by atoms with Gasteiger partial charge in [-0.15, -0.1) is 0 Å². The molecule has 0 aromatic heterocycles. The molecule has 1 atom stereocenters. The molecule has 20 heavy (non-hydrogen) atoms. The van der Waals surface area contributed by atoms with Crippen molar-refractivity contribution in [3.05, 3.63) is 64.9 Å². The molecule has 0 fully saturated rings. The second-order valence-corrected chi connectivity index (χ2v) is 4.77. The summed E-state index contributed by atoms with van der Waals surface area (Å²) in [6.45, 7) is 0. The third-order valence-electron chi connectivity index (χ3n) is 2.86. The van der Waals surface area contributed by atoms with Crippen LogP contribution >= 0.6 is 11.6 Å². The third kappa shape index (κ3) is 3.56. The first-order chi connectivity index (χ1) is 9.58. The van der Waals surface area contributed by atoms with Gasteiger partial charge in [0.15, 0.2) is 0 Å². The SMILES string of the molecule is NC(CC(=O)Nc1c(F)cccc1Cl)c1ccccc1. The summed E-state index contributed by atoms with van der Waals surface area (Å²) in [5.74, 6) is -0.951. The van der Waals surface area contributed by atoms with Crippen LogP contribution in [0.3, 0.4) is 0 Å². The molecule has 104 valence electrons. The smallest absolute Gasteiger partial charge is 0.226 e. The standard InChI is InChI=1S/C15H14ClFN2O/c16-11-7-4-8-12(17)15(11)19-14(20)9-13(18)10-5-2-1-3-6-10/h1-8,13H,9,18H2,(H,19,20). The Morgan fingerprint density at radius 1 is 1.20 bits per heavy atom. The number of nitrogens with two attached hydrogens (primary N) is 1. The van der Waals surface area contributed by atoms with Crippen molar-refractivity contribution >= 4 is 23.2 Å². The minimum atomic E-state index is -0.570. The minimum absolute atomic E-state index is 0.0144. The quantitative estimate of drug-likeness (QED) is 0.906. The molecule has 0 aliphatic carbocycles. The number of halogens is 2. The second kappa shape index (κ2) is 6.50. The number of carbonyl (C=O) groups is 1. The molecule has 2 aromatic carbocycles. The molecule has 3 N–H and O–H groups in total. The molecule has 0 heterocycles. The number of para-hydroxylation sites is 1. The van der Waals surface area contributed by atoms with Crippen LogP contribution in [0.5, 0.6) is 0 Å². The van der Waals surface area contributed by atoms with Gasteiger partial charge in [0, 0.05) is 12.5 Å². The summed E-state index contributed by atoms with van der Waals surface area (Å²) in [5, 5.41) is 2.61. The molecule has 0 saturated heterocycles. The summed E-state index contributed by atoms with van der Waals surface area (Å²) in [6.07, 6.45) is 0.0503. The van der Waals surface area contributed by atoms with E-state index in [-0.39, 0.29) is 23.0 Å². The normalized spacial score (nSPS) is 11.9. The van der Waals surface area contributed by atoms with Gasteiger partial charge < -0.3 is 11.1 Å². The summed E-state index contributed by atoms with van der Waals surface area (Å²) in [6, 6.07) is 13.0. The van der Waals surface area contributed by atoms with Gasteiger partial charge in [0.1, 0.15) is 5.82 Å². The zero-order chi connectivity index (χ0) is 14.5. The Balaban J connectivity index is 2.03. The summed E-state index contributed by atoms with van der Waals surface area (Å²) in [7, 11) is 0. The number of hydrogen-bond donors (Lipinski definition) is 2. The van der Waals surface area contributed by atoms with Gasteiger partial charge in [-0.25, -0.2) is 4.39 Å². The van der Waals surface area contributed by atoms with Crippen molar-refractivity contribution in [3.63, 3.8) is 0 Å². The maximum atomic E-state index is 13.5. The number of anilines is 1. The van der Waals surface area contributed by atoms with E-state index in [0.29, 0.717) is 0 Å². The molecule has 0 aliphatic heterocycles. The Kier molecular flexibility index (Phi) is 4.71. The number of nitrogens with one attached hydrogen (secondary N) is 1. The van der Waals surface area contributed by atoms with E-state index >= 15 is 0 Å². The molecule has 0 spiro atoms. The van der Waals surface area contributed by atoms with Gasteiger partial charge >= 0.3 is 0 Å². The monoisotopic (exact) mass is 292 g/mol.